The lowest BCUT2D eigenvalue weighted by molar-refractivity contribution is -0.145. The summed E-state index contributed by atoms with van der Waals surface area (Å²) in [6, 6.07) is 11.0. The van der Waals surface area contributed by atoms with Crippen LogP contribution in [0.4, 0.5) is 16.2 Å². The van der Waals surface area contributed by atoms with Crippen molar-refractivity contribution in [2.24, 2.45) is 0 Å². The van der Waals surface area contributed by atoms with Crippen molar-refractivity contribution in [2.75, 3.05) is 17.2 Å². The number of ether oxygens (including phenoxy) is 2. The smallest absolute Gasteiger partial charge is 0.323 e. The molecule has 3 rings (SSSR count). The SMILES string of the molecule is CC(=O)OCC1(C)C=Cc2cc(NC(=O)Nc3cc(C)ccc3C)ccc2O1. The lowest BCUT2D eigenvalue weighted by atomic mass is 10.0. The normalized spacial score (nSPS) is 17.3. The van der Waals surface area contributed by atoms with Crippen LogP contribution in [0.1, 0.15) is 30.5 Å². The van der Waals surface area contributed by atoms with Crippen molar-refractivity contribution in [2.45, 2.75) is 33.3 Å². The number of amides is 2. The van der Waals surface area contributed by atoms with Crippen molar-refractivity contribution in [3.8, 4) is 5.75 Å². The summed E-state index contributed by atoms with van der Waals surface area (Å²) in [7, 11) is 0. The van der Waals surface area contributed by atoms with Gasteiger partial charge < -0.3 is 20.1 Å². The summed E-state index contributed by atoms with van der Waals surface area (Å²) in [6.07, 6.45) is 3.74. The predicted octanol–water partition coefficient (Wildman–Crippen LogP) is 4.67. The number of carbonyl (C=O) groups excluding carboxylic acids is 2. The first-order valence-electron chi connectivity index (χ1n) is 9.05. The molecule has 6 nitrogen and oxygen atoms in total. The van der Waals surface area contributed by atoms with Gasteiger partial charge in [-0.1, -0.05) is 18.2 Å². The largest absolute Gasteiger partial charge is 0.479 e. The first kappa shape index (κ1) is 19.5. The number of esters is 1. The van der Waals surface area contributed by atoms with Crippen LogP contribution in [0, 0.1) is 13.8 Å². The fourth-order valence-electron chi connectivity index (χ4n) is 2.88. The van der Waals surface area contributed by atoms with Crippen LogP contribution in [-0.2, 0) is 9.53 Å². The highest BCUT2D eigenvalue weighted by Gasteiger charge is 2.29. The number of hydrogen-bond donors (Lipinski definition) is 2. The predicted molar refractivity (Wildman–Crippen MR) is 110 cm³/mol. The molecule has 0 aliphatic carbocycles. The van der Waals surface area contributed by atoms with Crippen molar-refractivity contribution in [3.05, 3.63) is 59.2 Å². The summed E-state index contributed by atoms with van der Waals surface area (Å²) in [4.78, 5) is 23.4. The molecule has 2 N–H and O–H groups in total. The molecule has 1 unspecified atom stereocenters. The average Bonchev–Trinajstić information content (AvgIpc) is 2.63. The van der Waals surface area contributed by atoms with Crippen LogP contribution in [-0.4, -0.2) is 24.2 Å². The molecule has 0 spiro atoms. The van der Waals surface area contributed by atoms with Crippen molar-refractivity contribution in [3.63, 3.8) is 0 Å². The number of benzene rings is 2. The van der Waals surface area contributed by atoms with Crippen molar-refractivity contribution < 1.29 is 19.1 Å². The second-order valence-corrected chi connectivity index (χ2v) is 7.18. The zero-order valence-corrected chi connectivity index (χ0v) is 16.5. The fraction of sp³-hybridized carbons (Fsp3) is 0.273. The van der Waals surface area contributed by atoms with E-state index in [0.29, 0.717) is 11.4 Å². The third-order valence-electron chi connectivity index (χ3n) is 4.43. The third-order valence-corrected chi connectivity index (χ3v) is 4.43. The minimum atomic E-state index is -0.715. The summed E-state index contributed by atoms with van der Waals surface area (Å²) in [5.74, 6) is 0.316. The van der Waals surface area contributed by atoms with Crippen LogP contribution in [0.2, 0.25) is 0 Å². The molecule has 0 bridgehead atoms. The number of fused-ring (bicyclic) bond motifs is 1. The van der Waals surface area contributed by atoms with Gasteiger partial charge >= 0.3 is 12.0 Å². The van der Waals surface area contributed by atoms with Crippen LogP contribution < -0.4 is 15.4 Å². The Morgan fingerprint density at radius 3 is 2.64 bits per heavy atom. The van der Waals surface area contributed by atoms with Gasteiger partial charge in [0.1, 0.15) is 12.4 Å². The van der Waals surface area contributed by atoms with Gasteiger partial charge in [-0.3, -0.25) is 4.79 Å². The van der Waals surface area contributed by atoms with Gasteiger partial charge in [-0.15, -0.1) is 0 Å². The maximum absolute atomic E-state index is 12.3. The molecular formula is C22H24N2O4. The zero-order valence-electron chi connectivity index (χ0n) is 16.5. The summed E-state index contributed by atoms with van der Waals surface area (Å²) in [5.41, 5.74) is 3.62. The molecule has 1 atom stereocenters. The maximum Gasteiger partial charge on any atom is 0.323 e. The Kier molecular flexibility index (Phi) is 5.40. The van der Waals surface area contributed by atoms with E-state index in [4.69, 9.17) is 9.47 Å². The standard InChI is InChI=1S/C22H24N2O4/c1-14-5-6-15(2)19(11-14)24-21(26)23-18-7-8-20-17(12-18)9-10-22(4,28-20)13-27-16(3)25/h5-12H,13H2,1-4H3,(H2,23,24,26). The first-order valence-corrected chi connectivity index (χ1v) is 9.05. The van der Waals surface area contributed by atoms with E-state index in [2.05, 4.69) is 10.6 Å². The third kappa shape index (κ3) is 4.71. The van der Waals surface area contributed by atoms with Gasteiger partial charge in [0.15, 0.2) is 5.60 Å². The summed E-state index contributed by atoms with van der Waals surface area (Å²) in [6.45, 7) is 7.28. The minimum absolute atomic E-state index is 0.135. The molecule has 0 saturated carbocycles. The van der Waals surface area contributed by atoms with E-state index in [1.807, 2.05) is 57.2 Å². The van der Waals surface area contributed by atoms with Crippen molar-refractivity contribution in [1.82, 2.24) is 0 Å². The molecule has 0 aromatic heterocycles. The highest BCUT2D eigenvalue weighted by molar-refractivity contribution is 6.00. The lowest BCUT2D eigenvalue weighted by Gasteiger charge is -2.31. The van der Waals surface area contributed by atoms with Crippen LogP contribution in [0.3, 0.4) is 0 Å². The van der Waals surface area contributed by atoms with E-state index >= 15 is 0 Å². The topological polar surface area (TPSA) is 76.7 Å². The molecule has 2 aromatic carbocycles. The van der Waals surface area contributed by atoms with Crippen molar-refractivity contribution in [1.29, 1.82) is 0 Å². The Morgan fingerprint density at radius 2 is 1.89 bits per heavy atom. The number of hydrogen-bond acceptors (Lipinski definition) is 4. The van der Waals surface area contributed by atoms with Gasteiger partial charge in [0, 0.05) is 23.9 Å². The van der Waals surface area contributed by atoms with E-state index < -0.39 is 5.60 Å². The Labute approximate surface area is 164 Å². The number of nitrogens with one attached hydrogen (secondary N) is 2. The molecule has 2 amide bonds. The molecule has 1 heterocycles. The van der Waals surface area contributed by atoms with E-state index in [9.17, 15) is 9.59 Å². The quantitative estimate of drug-likeness (QED) is 0.756. The van der Waals surface area contributed by atoms with Gasteiger partial charge in [0.05, 0.1) is 0 Å². The molecule has 1 aliphatic rings. The molecule has 1 aliphatic heterocycles. The van der Waals surface area contributed by atoms with Gasteiger partial charge in [-0.2, -0.15) is 0 Å². The molecule has 28 heavy (non-hydrogen) atoms. The average molecular weight is 380 g/mol. The lowest BCUT2D eigenvalue weighted by Crippen LogP contribution is -2.37. The Bertz CT molecular complexity index is 952. The monoisotopic (exact) mass is 380 g/mol. The summed E-state index contributed by atoms with van der Waals surface area (Å²) >= 11 is 0. The van der Waals surface area contributed by atoms with E-state index in [-0.39, 0.29) is 18.6 Å². The second-order valence-electron chi connectivity index (χ2n) is 7.18. The molecule has 0 fully saturated rings. The minimum Gasteiger partial charge on any atom is -0.479 e. The van der Waals surface area contributed by atoms with E-state index in [0.717, 1.165) is 22.4 Å². The molecule has 0 saturated heterocycles. The van der Waals surface area contributed by atoms with Crippen LogP contribution in [0.15, 0.2) is 42.5 Å². The number of aryl methyl sites for hydroxylation is 2. The van der Waals surface area contributed by atoms with Crippen LogP contribution >= 0.6 is 0 Å². The Balaban J connectivity index is 1.68. The van der Waals surface area contributed by atoms with Gasteiger partial charge in [-0.25, -0.2) is 4.79 Å². The van der Waals surface area contributed by atoms with Crippen molar-refractivity contribution >= 4 is 29.5 Å². The van der Waals surface area contributed by atoms with E-state index in [1.165, 1.54) is 6.92 Å². The number of carbonyl (C=O) groups is 2. The Hall–Kier alpha value is -3.28. The second kappa shape index (κ2) is 7.76. The number of rotatable bonds is 4. The summed E-state index contributed by atoms with van der Waals surface area (Å²) < 4.78 is 11.0. The van der Waals surface area contributed by atoms with Gasteiger partial charge in [0.2, 0.25) is 0 Å². The van der Waals surface area contributed by atoms with Gasteiger partial charge in [-0.05, 0) is 62.2 Å². The number of urea groups is 1. The zero-order chi connectivity index (χ0) is 20.3. The molecule has 2 aromatic rings. The van der Waals surface area contributed by atoms with Gasteiger partial charge in [0.25, 0.3) is 0 Å². The molecule has 6 heteroatoms. The van der Waals surface area contributed by atoms with Crippen LogP contribution in [0.5, 0.6) is 5.75 Å². The fourth-order valence-corrected chi connectivity index (χ4v) is 2.88. The maximum atomic E-state index is 12.3. The highest BCUT2D eigenvalue weighted by Crippen LogP contribution is 2.33. The molecule has 146 valence electrons. The Morgan fingerprint density at radius 1 is 1.11 bits per heavy atom. The molecule has 0 radical (unpaired) electrons. The first-order chi connectivity index (χ1) is 13.2. The summed E-state index contributed by atoms with van der Waals surface area (Å²) in [5, 5.41) is 5.71. The van der Waals surface area contributed by atoms with Crippen LogP contribution in [0.25, 0.3) is 6.08 Å². The number of anilines is 2. The highest BCUT2D eigenvalue weighted by atomic mass is 16.6. The van der Waals surface area contributed by atoms with E-state index in [1.54, 1.807) is 12.1 Å². The molecular weight excluding hydrogens is 356 g/mol.